The zero-order valence-corrected chi connectivity index (χ0v) is 12.0. The number of ether oxygens (including phenoxy) is 1. The lowest BCUT2D eigenvalue weighted by Crippen LogP contribution is -2.28. The Bertz CT molecular complexity index is 530. The van der Waals surface area contributed by atoms with Crippen LogP contribution < -0.4 is 10.6 Å². The van der Waals surface area contributed by atoms with Crippen molar-refractivity contribution in [2.24, 2.45) is 0 Å². The number of aryl methyl sites for hydroxylation is 1. The molecule has 0 aromatic heterocycles. The average molecular weight is 292 g/mol. The lowest BCUT2D eigenvalue weighted by Gasteiger charge is -2.17. The molecule has 114 valence electrons. The van der Waals surface area contributed by atoms with Crippen molar-refractivity contribution in [2.45, 2.75) is 25.4 Å². The van der Waals surface area contributed by atoms with E-state index in [9.17, 15) is 14.7 Å². The van der Waals surface area contributed by atoms with Gasteiger partial charge in [0.25, 0.3) is 5.91 Å². The molecule has 0 bridgehead atoms. The maximum Gasteiger partial charge on any atom is 0.251 e. The van der Waals surface area contributed by atoms with Crippen LogP contribution in [0.1, 0.15) is 28.8 Å². The molecule has 6 heteroatoms. The van der Waals surface area contributed by atoms with Gasteiger partial charge in [0, 0.05) is 31.3 Å². The van der Waals surface area contributed by atoms with Crippen LogP contribution in [-0.2, 0) is 16.0 Å². The first-order valence-electron chi connectivity index (χ1n) is 6.98. The number of carbonyl (C=O) groups is 2. The predicted octanol–water partition coefficient (Wildman–Crippen LogP) is 0.698. The highest BCUT2D eigenvalue weighted by atomic mass is 16.5. The van der Waals surface area contributed by atoms with Crippen molar-refractivity contribution in [3.63, 3.8) is 0 Å². The van der Waals surface area contributed by atoms with Crippen molar-refractivity contribution in [2.75, 3.05) is 25.6 Å². The molecule has 21 heavy (non-hydrogen) atoms. The van der Waals surface area contributed by atoms with Gasteiger partial charge in [-0.2, -0.15) is 0 Å². The van der Waals surface area contributed by atoms with E-state index >= 15 is 0 Å². The highest BCUT2D eigenvalue weighted by molar-refractivity contribution is 5.97. The normalized spacial score (nSPS) is 15.0. The minimum Gasteiger partial charge on any atom is -0.391 e. The first-order chi connectivity index (χ1) is 10.1. The fourth-order valence-corrected chi connectivity index (χ4v) is 2.25. The van der Waals surface area contributed by atoms with E-state index in [1.165, 1.54) is 7.11 Å². The van der Waals surface area contributed by atoms with Gasteiger partial charge in [0.15, 0.2) is 0 Å². The summed E-state index contributed by atoms with van der Waals surface area (Å²) >= 11 is 0. The second-order valence-electron chi connectivity index (χ2n) is 5.07. The fourth-order valence-electron chi connectivity index (χ4n) is 2.25. The van der Waals surface area contributed by atoms with Gasteiger partial charge in [-0.05, 0) is 36.6 Å². The van der Waals surface area contributed by atoms with Crippen LogP contribution in [-0.4, -0.2) is 43.3 Å². The molecular formula is C15H20N2O4. The molecule has 0 saturated heterocycles. The molecule has 1 aromatic rings. The summed E-state index contributed by atoms with van der Waals surface area (Å²) in [6.07, 6.45) is 0.963. The summed E-state index contributed by atoms with van der Waals surface area (Å²) in [5.41, 5.74) is 2.31. The Labute approximate surface area is 123 Å². The van der Waals surface area contributed by atoms with Gasteiger partial charge in [0.05, 0.1) is 12.7 Å². The Morgan fingerprint density at radius 2 is 2.29 bits per heavy atom. The third-order valence-corrected chi connectivity index (χ3v) is 3.39. The lowest BCUT2D eigenvalue weighted by molar-refractivity contribution is -0.116. The maximum absolute atomic E-state index is 12.0. The number of nitrogens with one attached hydrogen (secondary N) is 2. The zero-order chi connectivity index (χ0) is 15.2. The van der Waals surface area contributed by atoms with Gasteiger partial charge in [0.1, 0.15) is 0 Å². The second-order valence-corrected chi connectivity index (χ2v) is 5.07. The average Bonchev–Trinajstić information content (AvgIpc) is 2.46. The molecule has 0 spiro atoms. The Morgan fingerprint density at radius 3 is 3.05 bits per heavy atom. The number of benzene rings is 1. The maximum atomic E-state index is 12.0. The van der Waals surface area contributed by atoms with E-state index in [2.05, 4.69) is 10.6 Å². The summed E-state index contributed by atoms with van der Waals surface area (Å²) in [6.45, 7) is 0.644. The Kier molecular flexibility index (Phi) is 5.30. The monoisotopic (exact) mass is 292 g/mol. The zero-order valence-electron chi connectivity index (χ0n) is 12.0. The molecule has 1 unspecified atom stereocenters. The standard InChI is InChI=1S/C15H20N2O4/c1-21-9-12(18)6-7-16-15(20)11-2-4-13-10(8-11)3-5-14(19)17-13/h2,4,8,12,18H,3,5-7,9H2,1H3,(H,16,20)(H,17,19). The Morgan fingerprint density at radius 1 is 1.48 bits per heavy atom. The highest BCUT2D eigenvalue weighted by Crippen LogP contribution is 2.23. The molecule has 2 rings (SSSR count). The van der Waals surface area contributed by atoms with E-state index < -0.39 is 6.10 Å². The number of aliphatic hydroxyl groups excluding tert-OH is 1. The van der Waals surface area contributed by atoms with Gasteiger partial charge < -0.3 is 20.5 Å². The number of methoxy groups -OCH3 is 1. The molecule has 3 N–H and O–H groups in total. The largest absolute Gasteiger partial charge is 0.391 e. The van der Waals surface area contributed by atoms with Crippen LogP contribution >= 0.6 is 0 Å². The van der Waals surface area contributed by atoms with Crippen LogP contribution in [0, 0.1) is 0 Å². The van der Waals surface area contributed by atoms with Crippen LogP contribution in [0.2, 0.25) is 0 Å². The number of rotatable bonds is 6. The van der Waals surface area contributed by atoms with Gasteiger partial charge in [0.2, 0.25) is 5.91 Å². The van der Waals surface area contributed by atoms with E-state index in [1.54, 1.807) is 18.2 Å². The highest BCUT2D eigenvalue weighted by Gasteiger charge is 2.16. The number of anilines is 1. The van der Waals surface area contributed by atoms with Gasteiger partial charge in [-0.25, -0.2) is 0 Å². The Hall–Kier alpha value is -1.92. The molecule has 1 aromatic carbocycles. The van der Waals surface area contributed by atoms with Crippen molar-refractivity contribution in [1.82, 2.24) is 5.32 Å². The van der Waals surface area contributed by atoms with Crippen LogP contribution in [0.15, 0.2) is 18.2 Å². The molecule has 1 heterocycles. The van der Waals surface area contributed by atoms with Crippen LogP contribution in [0.3, 0.4) is 0 Å². The molecule has 0 fully saturated rings. The number of aliphatic hydroxyl groups is 1. The van der Waals surface area contributed by atoms with Crippen molar-refractivity contribution in [3.05, 3.63) is 29.3 Å². The number of hydrogen-bond acceptors (Lipinski definition) is 4. The molecule has 0 radical (unpaired) electrons. The van der Waals surface area contributed by atoms with Crippen molar-refractivity contribution in [1.29, 1.82) is 0 Å². The quantitative estimate of drug-likeness (QED) is 0.720. The third kappa shape index (κ3) is 4.27. The molecule has 1 atom stereocenters. The minimum absolute atomic E-state index is 0.00633. The van der Waals surface area contributed by atoms with Crippen molar-refractivity contribution >= 4 is 17.5 Å². The molecule has 1 aliphatic rings. The third-order valence-electron chi connectivity index (χ3n) is 3.39. The lowest BCUT2D eigenvalue weighted by atomic mass is 10.00. The molecular weight excluding hydrogens is 272 g/mol. The smallest absolute Gasteiger partial charge is 0.251 e. The first kappa shape index (κ1) is 15.5. The van der Waals surface area contributed by atoms with Crippen LogP contribution in [0.25, 0.3) is 0 Å². The van der Waals surface area contributed by atoms with E-state index in [0.717, 1.165) is 11.3 Å². The van der Waals surface area contributed by atoms with Gasteiger partial charge in [-0.3, -0.25) is 9.59 Å². The SMILES string of the molecule is COCC(O)CCNC(=O)c1ccc2c(c1)CCC(=O)N2. The van der Waals surface area contributed by atoms with Crippen molar-refractivity contribution < 1.29 is 19.4 Å². The van der Waals surface area contributed by atoms with E-state index in [4.69, 9.17) is 4.74 Å². The molecule has 2 amide bonds. The van der Waals surface area contributed by atoms with E-state index in [1.807, 2.05) is 0 Å². The summed E-state index contributed by atoms with van der Waals surface area (Å²) in [7, 11) is 1.52. The molecule has 1 aliphatic heterocycles. The van der Waals surface area contributed by atoms with Gasteiger partial charge in [-0.1, -0.05) is 0 Å². The second kappa shape index (κ2) is 7.19. The van der Waals surface area contributed by atoms with Crippen molar-refractivity contribution in [3.8, 4) is 0 Å². The fraction of sp³-hybridized carbons (Fsp3) is 0.467. The predicted molar refractivity (Wildman–Crippen MR) is 78.2 cm³/mol. The minimum atomic E-state index is -0.575. The number of amides is 2. The summed E-state index contributed by atoms with van der Waals surface area (Å²) < 4.78 is 4.82. The van der Waals surface area contributed by atoms with E-state index in [0.29, 0.717) is 31.4 Å². The first-order valence-corrected chi connectivity index (χ1v) is 6.98. The van der Waals surface area contributed by atoms with Crippen LogP contribution in [0.5, 0.6) is 0 Å². The molecule has 0 aliphatic carbocycles. The van der Waals surface area contributed by atoms with Gasteiger partial charge >= 0.3 is 0 Å². The number of hydrogen-bond donors (Lipinski definition) is 3. The topological polar surface area (TPSA) is 87.7 Å². The number of carbonyl (C=O) groups excluding carboxylic acids is 2. The summed E-state index contributed by atoms with van der Waals surface area (Å²) in [4.78, 5) is 23.3. The molecule has 6 nitrogen and oxygen atoms in total. The molecule has 0 saturated carbocycles. The summed E-state index contributed by atoms with van der Waals surface area (Å²) in [5, 5.41) is 15.0. The van der Waals surface area contributed by atoms with Crippen LogP contribution in [0.4, 0.5) is 5.69 Å². The Balaban J connectivity index is 1.90. The summed E-state index contributed by atoms with van der Waals surface area (Å²) in [5.74, 6) is -0.175. The summed E-state index contributed by atoms with van der Waals surface area (Å²) in [6, 6.07) is 5.24. The number of fused-ring (bicyclic) bond motifs is 1. The van der Waals surface area contributed by atoms with Gasteiger partial charge in [-0.15, -0.1) is 0 Å². The van der Waals surface area contributed by atoms with E-state index in [-0.39, 0.29) is 18.4 Å².